The number of carbonyl (C=O) groups is 3. The van der Waals surface area contributed by atoms with Crippen LogP contribution in [0.25, 0.3) is 0 Å². The molecule has 1 fully saturated rings. The van der Waals surface area contributed by atoms with Crippen LogP contribution >= 0.6 is 0 Å². The minimum atomic E-state index is -1.00. The largest absolute Gasteiger partial charge is 0.368 e. The van der Waals surface area contributed by atoms with Gasteiger partial charge in [0.1, 0.15) is 0 Å². The Morgan fingerprint density at radius 2 is 1.62 bits per heavy atom. The topological polar surface area (TPSA) is 89.3 Å². The van der Waals surface area contributed by atoms with E-state index in [1.807, 2.05) is 0 Å². The van der Waals surface area contributed by atoms with Crippen molar-refractivity contribution < 1.29 is 14.4 Å². The Hall–Kier alpha value is -2.01. The maximum absolute atomic E-state index is 11.0. The van der Waals surface area contributed by atoms with Crippen molar-refractivity contribution >= 4 is 23.0 Å². The monoisotopic (exact) mass is 218 g/mol. The lowest BCUT2D eigenvalue weighted by atomic mass is 9.87. The van der Waals surface area contributed by atoms with Crippen molar-refractivity contribution in [1.82, 2.24) is 0 Å². The van der Waals surface area contributed by atoms with Crippen LogP contribution in [0.3, 0.4) is 0 Å². The predicted molar refractivity (Wildman–Crippen MR) is 56.8 cm³/mol. The first kappa shape index (κ1) is 10.5. The molecule has 0 atom stereocenters. The molecule has 16 heavy (non-hydrogen) atoms. The van der Waals surface area contributed by atoms with Crippen LogP contribution in [-0.4, -0.2) is 23.4 Å². The van der Waals surface area contributed by atoms with E-state index in [1.165, 1.54) is 0 Å². The van der Waals surface area contributed by atoms with Crippen LogP contribution in [0.4, 0.5) is 5.69 Å². The molecular weight excluding hydrogens is 208 g/mol. The highest BCUT2D eigenvalue weighted by Gasteiger charge is 2.48. The van der Waals surface area contributed by atoms with E-state index >= 15 is 0 Å². The summed E-state index contributed by atoms with van der Waals surface area (Å²) in [5.41, 5.74) is 7.00. The van der Waals surface area contributed by atoms with Crippen LogP contribution in [-0.2, 0) is 20.9 Å². The molecule has 0 unspecified atom stereocenters. The lowest BCUT2D eigenvalue weighted by molar-refractivity contribution is -0.152. The van der Waals surface area contributed by atoms with Gasteiger partial charge in [0.15, 0.2) is 6.04 Å². The van der Waals surface area contributed by atoms with E-state index in [2.05, 4.69) is 5.32 Å². The van der Waals surface area contributed by atoms with Crippen molar-refractivity contribution in [3.8, 4) is 0 Å². The molecule has 5 nitrogen and oxygen atoms in total. The Morgan fingerprint density at radius 3 is 2.12 bits per heavy atom. The molecule has 0 amide bonds. The lowest BCUT2D eigenvalue weighted by Crippen LogP contribution is -2.57. The average molecular weight is 218 g/mol. The molecule has 2 rings (SSSR count). The number of nitrogens with two attached hydrogens (primary N) is 1. The molecule has 0 aromatic heterocycles. The van der Waals surface area contributed by atoms with Gasteiger partial charge >= 0.3 is 0 Å². The Morgan fingerprint density at radius 1 is 1.06 bits per heavy atom. The van der Waals surface area contributed by atoms with Crippen molar-refractivity contribution in [2.24, 2.45) is 5.73 Å². The van der Waals surface area contributed by atoms with Crippen molar-refractivity contribution in [2.75, 3.05) is 5.32 Å². The maximum atomic E-state index is 11.0. The van der Waals surface area contributed by atoms with Gasteiger partial charge in [0.05, 0.1) is 0 Å². The number of hydrogen-bond donors (Lipinski definition) is 2. The fourth-order valence-electron chi connectivity index (χ4n) is 1.46. The summed E-state index contributed by atoms with van der Waals surface area (Å²) in [4.78, 5) is 32.8. The second kappa shape index (κ2) is 3.86. The third kappa shape index (κ3) is 1.61. The normalized spacial score (nSPS) is 16.2. The van der Waals surface area contributed by atoms with Crippen LogP contribution in [0.1, 0.15) is 5.56 Å². The van der Waals surface area contributed by atoms with E-state index in [0.717, 1.165) is 5.56 Å². The minimum Gasteiger partial charge on any atom is -0.368 e. The van der Waals surface area contributed by atoms with E-state index in [9.17, 15) is 14.4 Å². The number of ketones is 3. The zero-order valence-corrected chi connectivity index (χ0v) is 8.40. The number of benzene rings is 1. The zero-order valence-electron chi connectivity index (χ0n) is 8.40. The summed E-state index contributed by atoms with van der Waals surface area (Å²) in [6, 6.07) is 6.00. The van der Waals surface area contributed by atoms with E-state index < -0.39 is 23.4 Å². The Labute approximate surface area is 91.6 Å². The second-order valence-corrected chi connectivity index (χ2v) is 3.54. The lowest BCUT2D eigenvalue weighted by Gasteiger charge is -2.22. The quantitative estimate of drug-likeness (QED) is 0.534. The molecule has 5 heteroatoms. The first-order valence-electron chi connectivity index (χ1n) is 4.81. The summed E-state index contributed by atoms with van der Waals surface area (Å²) < 4.78 is 0. The highest BCUT2D eigenvalue weighted by molar-refractivity contribution is 6.79. The summed E-state index contributed by atoms with van der Waals surface area (Å²) in [5.74, 6) is -2.27. The molecule has 82 valence electrons. The highest BCUT2D eigenvalue weighted by atomic mass is 16.2. The summed E-state index contributed by atoms with van der Waals surface area (Å²) in [6.45, 7) is 0.431. The molecular formula is C11H10N2O3. The third-order valence-electron chi connectivity index (χ3n) is 2.47. The Kier molecular flexibility index (Phi) is 2.54. The molecule has 1 aromatic carbocycles. The van der Waals surface area contributed by atoms with Crippen LogP contribution in [0.5, 0.6) is 0 Å². The number of rotatable bonds is 3. The van der Waals surface area contributed by atoms with Crippen molar-refractivity contribution in [2.45, 2.75) is 12.6 Å². The summed E-state index contributed by atoms with van der Waals surface area (Å²) in [6.07, 6.45) is 0. The maximum Gasteiger partial charge on any atom is 0.269 e. The SMILES string of the molecule is NCc1ccc(NC2C(=O)C(=O)C2=O)cc1. The fourth-order valence-corrected chi connectivity index (χ4v) is 1.46. The predicted octanol–water partition coefficient (Wildman–Crippen LogP) is -0.353. The second-order valence-electron chi connectivity index (χ2n) is 3.54. The van der Waals surface area contributed by atoms with Gasteiger partial charge in [0.25, 0.3) is 5.78 Å². The number of anilines is 1. The molecule has 0 radical (unpaired) electrons. The van der Waals surface area contributed by atoms with Crippen LogP contribution in [0, 0.1) is 0 Å². The van der Waals surface area contributed by atoms with Gasteiger partial charge in [-0.3, -0.25) is 14.4 Å². The fraction of sp³-hybridized carbons (Fsp3) is 0.182. The van der Waals surface area contributed by atoms with Gasteiger partial charge in [-0.05, 0) is 17.7 Å². The van der Waals surface area contributed by atoms with Gasteiger partial charge in [-0.2, -0.15) is 0 Å². The van der Waals surface area contributed by atoms with Gasteiger partial charge in [0, 0.05) is 12.2 Å². The van der Waals surface area contributed by atoms with Crippen LogP contribution < -0.4 is 11.1 Å². The van der Waals surface area contributed by atoms with E-state index in [0.29, 0.717) is 12.2 Å². The summed E-state index contributed by atoms with van der Waals surface area (Å²) >= 11 is 0. The standard InChI is InChI=1S/C11H10N2O3/c12-5-6-1-3-7(4-2-6)13-8-9(14)11(16)10(8)15/h1-4,8,13H,5,12H2. The molecule has 1 aromatic rings. The molecule has 3 N–H and O–H groups in total. The van der Waals surface area contributed by atoms with Crippen molar-refractivity contribution in [3.63, 3.8) is 0 Å². The van der Waals surface area contributed by atoms with Gasteiger partial charge in [-0.15, -0.1) is 0 Å². The highest BCUT2D eigenvalue weighted by Crippen LogP contribution is 2.15. The molecule has 0 heterocycles. The molecule has 0 saturated heterocycles. The first-order valence-corrected chi connectivity index (χ1v) is 4.81. The molecule has 0 aliphatic heterocycles. The summed E-state index contributed by atoms with van der Waals surface area (Å²) in [5, 5.41) is 2.70. The van der Waals surface area contributed by atoms with E-state index in [4.69, 9.17) is 5.73 Å². The Balaban J connectivity index is 2.07. The molecule has 0 spiro atoms. The Bertz CT molecular complexity index is 447. The van der Waals surface area contributed by atoms with Gasteiger partial charge in [-0.25, -0.2) is 0 Å². The van der Waals surface area contributed by atoms with E-state index in [-0.39, 0.29) is 0 Å². The first-order chi connectivity index (χ1) is 7.63. The van der Waals surface area contributed by atoms with Crippen LogP contribution in [0.15, 0.2) is 24.3 Å². The number of hydrogen-bond acceptors (Lipinski definition) is 5. The smallest absolute Gasteiger partial charge is 0.269 e. The number of nitrogens with one attached hydrogen (secondary N) is 1. The van der Waals surface area contributed by atoms with Crippen molar-refractivity contribution in [3.05, 3.63) is 29.8 Å². The molecule has 1 aliphatic rings. The minimum absolute atomic E-state index is 0.431. The number of Topliss-reactive ketones (excluding diaryl/α,β-unsaturated/α-hetero) is 3. The molecule has 0 bridgehead atoms. The van der Waals surface area contributed by atoms with Gasteiger partial charge < -0.3 is 11.1 Å². The number of carbonyl (C=O) groups excluding carboxylic acids is 3. The van der Waals surface area contributed by atoms with Gasteiger partial charge in [0.2, 0.25) is 11.6 Å². The zero-order chi connectivity index (χ0) is 11.7. The molecule has 1 aliphatic carbocycles. The van der Waals surface area contributed by atoms with Crippen LogP contribution in [0.2, 0.25) is 0 Å². The molecule has 1 saturated carbocycles. The van der Waals surface area contributed by atoms with Crippen molar-refractivity contribution in [1.29, 1.82) is 0 Å². The summed E-state index contributed by atoms with van der Waals surface area (Å²) in [7, 11) is 0. The third-order valence-corrected chi connectivity index (χ3v) is 2.47. The van der Waals surface area contributed by atoms with E-state index in [1.54, 1.807) is 24.3 Å². The average Bonchev–Trinajstić information content (AvgIpc) is 2.35. The van der Waals surface area contributed by atoms with Gasteiger partial charge in [-0.1, -0.05) is 12.1 Å².